The van der Waals surface area contributed by atoms with Gasteiger partial charge in [-0.25, -0.2) is 18.1 Å². The summed E-state index contributed by atoms with van der Waals surface area (Å²) in [5.74, 6) is -0.387. The van der Waals surface area contributed by atoms with Gasteiger partial charge < -0.3 is 5.32 Å². The van der Waals surface area contributed by atoms with Crippen molar-refractivity contribution in [3.8, 4) is 11.3 Å². The first kappa shape index (κ1) is 21.9. The second kappa shape index (κ2) is 9.44. The smallest absolute Gasteiger partial charge is 0.255 e. The van der Waals surface area contributed by atoms with E-state index in [1.54, 1.807) is 35.6 Å². The summed E-state index contributed by atoms with van der Waals surface area (Å²) in [7, 11) is -3.76. The second-order valence-corrected chi connectivity index (χ2v) is 9.95. The Kier molecular flexibility index (Phi) is 6.45. The molecule has 4 rings (SSSR count). The Morgan fingerprint density at radius 2 is 1.72 bits per heavy atom. The Balaban J connectivity index is 1.45. The average molecular weight is 464 g/mol. The van der Waals surface area contributed by atoms with Crippen LogP contribution < -0.4 is 10.0 Å². The molecule has 0 fully saturated rings. The van der Waals surface area contributed by atoms with Gasteiger partial charge in [0, 0.05) is 28.7 Å². The number of aromatic nitrogens is 1. The van der Waals surface area contributed by atoms with Crippen LogP contribution in [0, 0.1) is 6.92 Å². The molecule has 0 aliphatic rings. The second-order valence-electron chi connectivity index (χ2n) is 7.12. The number of rotatable bonds is 7. The van der Waals surface area contributed by atoms with Crippen LogP contribution >= 0.6 is 11.3 Å². The molecule has 3 aromatic carbocycles. The van der Waals surface area contributed by atoms with Gasteiger partial charge in [0.05, 0.1) is 15.6 Å². The number of hydrogen-bond donors (Lipinski definition) is 2. The molecule has 32 heavy (non-hydrogen) atoms. The number of carbonyl (C=O) groups is 1. The summed E-state index contributed by atoms with van der Waals surface area (Å²) < 4.78 is 27.9. The van der Waals surface area contributed by atoms with Crippen LogP contribution in [-0.2, 0) is 16.6 Å². The molecule has 1 heterocycles. The molecule has 1 amide bonds. The van der Waals surface area contributed by atoms with E-state index in [4.69, 9.17) is 0 Å². The highest BCUT2D eigenvalue weighted by atomic mass is 32.2. The molecule has 8 heteroatoms. The van der Waals surface area contributed by atoms with Crippen molar-refractivity contribution < 1.29 is 13.2 Å². The number of nitrogens with zero attached hydrogens (tertiary/aromatic N) is 1. The highest BCUT2D eigenvalue weighted by molar-refractivity contribution is 7.89. The minimum absolute atomic E-state index is 0.0373. The molecule has 0 bridgehead atoms. The molecule has 0 radical (unpaired) electrons. The Hall–Kier alpha value is -3.33. The van der Waals surface area contributed by atoms with Crippen molar-refractivity contribution in [1.82, 2.24) is 9.71 Å². The Labute approximate surface area is 191 Å². The maximum absolute atomic E-state index is 12.7. The summed E-state index contributed by atoms with van der Waals surface area (Å²) in [6.45, 7) is 2.12. The maximum atomic E-state index is 12.7. The molecule has 162 valence electrons. The van der Waals surface area contributed by atoms with E-state index in [0.717, 1.165) is 21.8 Å². The first-order valence-electron chi connectivity index (χ1n) is 9.88. The molecule has 0 aliphatic heterocycles. The van der Waals surface area contributed by atoms with E-state index < -0.39 is 10.0 Å². The number of aryl methyl sites for hydroxylation is 1. The quantitative estimate of drug-likeness (QED) is 0.410. The number of amides is 1. The van der Waals surface area contributed by atoms with E-state index in [2.05, 4.69) is 15.0 Å². The molecule has 0 aliphatic carbocycles. The van der Waals surface area contributed by atoms with Crippen LogP contribution in [0.15, 0.2) is 89.1 Å². The van der Waals surface area contributed by atoms with Gasteiger partial charge in [0.1, 0.15) is 0 Å². The molecular weight excluding hydrogens is 442 g/mol. The average Bonchev–Trinajstić information content (AvgIpc) is 3.25. The lowest BCUT2D eigenvalue weighted by Gasteiger charge is -2.09. The van der Waals surface area contributed by atoms with Gasteiger partial charge in [0.25, 0.3) is 5.91 Å². The lowest BCUT2D eigenvalue weighted by atomic mass is 10.1. The fourth-order valence-electron chi connectivity index (χ4n) is 3.09. The van der Waals surface area contributed by atoms with Gasteiger partial charge in [-0.1, -0.05) is 48.5 Å². The van der Waals surface area contributed by atoms with E-state index in [-0.39, 0.29) is 22.9 Å². The Morgan fingerprint density at radius 3 is 2.41 bits per heavy atom. The van der Waals surface area contributed by atoms with Crippen LogP contribution in [0.1, 0.15) is 20.9 Å². The van der Waals surface area contributed by atoms with Crippen molar-refractivity contribution in [2.45, 2.75) is 18.4 Å². The van der Waals surface area contributed by atoms with Crippen LogP contribution in [0.3, 0.4) is 0 Å². The highest BCUT2D eigenvalue weighted by Crippen LogP contribution is 2.23. The molecule has 0 spiro atoms. The number of nitrogens with one attached hydrogen (secondary N) is 2. The standard InChI is InChI=1S/C24H21N3O3S2/c1-17-26-23(16-31-17)19-10-12-21(13-11-19)27-24(28)20-8-5-9-22(14-20)32(29,30)25-15-18-6-3-2-4-7-18/h2-14,16,25H,15H2,1H3,(H,27,28). The van der Waals surface area contributed by atoms with Crippen LogP contribution in [0.5, 0.6) is 0 Å². The molecule has 0 saturated heterocycles. The number of hydrogen-bond acceptors (Lipinski definition) is 5. The molecule has 6 nitrogen and oxygen atoms in total. The molecule has 0 atom stereocenters. The van der Waals surface area contributed by atoms with Gasteiger partial charge in [-0.3, -0.25) is 4.79 Å². The van der Waals surface area contributed by atoms with Gasteiger partial charge in [-0.2, -0.15) is 0 Å². The molecule has 0 saturated carbocycles. The first-order valence-corrected chi connectivity index (χ1v) is 12.2. The zero-order valence-electron chi connectivity index (χ0n) is 17.3. The van der Waals surface area contributed by atoms with Crippen LogP contribution in [0.2, 0.25) is 0 Å². The summed E-state index contributed by atoms with van der Waals surface area (Å²) in [6, 6.07) is 22.6. The maximum Gasteiger partial charge on any atom is 0.255 e. The predicted molar refractivity (Wildman–Crippen MR) is 127 cm³/mol. The third kappa shape index (κ3) is 5.28. The normalized spacial score (nSPS) is 11.3. The minimum atomic E-state index is -3.76. The van der Waals surface area contributed by atoms with Gasteiger partial charge in [-0.15, -0.1) is 11.3 Å². The summed E-state index contributed by atoms with van der Waals surface area (Å²) in [4.78, 5) is 17.2. The largest absolute Gasteiger partial charge is 0.322 e. The molecule has 1 aromatic heterocycles. The van der Waals surface area contributed by atoms with Crippen molar-refractivity contribution in [1.29, 1.82) is 0 Å². The monoisotopic (exact) mass is 463 g/mol. The zero-order valence-corrected chi connectivity index (χ0v) is 18.9. The Bertz CT molecular complexity index is 1330. The zero-order chi connectivity index (χ0) is 22.6. The van der Waals surface area contributed by atoms with Gasteiger partial charge >= 0.3 is 0 Å². The van der Waals surface area contributed by atoms with E-state index >= 15 is 0 Å². The Morgan fingerprint density at radius 1 is 0.969 bits per heavy atom. The first-order chi connectivity index (χ1) is 15.4. The predicted octanol–water partition coefficient (Wildman–Crippen LogP) is 4.85. The lowest BCUT2D eigenvalue weighted by Crippen LogP contribution is -2.23. The lowest BCUT2D eigenvalue weighted by molar-refractivity contribution is 0.102. The topological polar surface area (TPSA) is 88.2 Å². The molecule has 4 aromatic rings. The molecule has 0 unspecified atom stereocenters. The third-order valence-corrected chi connectivity index (χ3v) is 6.95. The van der Waals surface area contributed by atoms with Crippen molar-refractivity contribution in [3.05, 3.63) is 100 Å². The van der Waals surface area contributed by atoms with Gasteiger partial charge in [0.15, 0.2) is 0 Å². The fourth-order valence-corrected chi connectivity index (χ4v) is 4.77. The van der Waals surface area contributed by atoms with Crippen LogP contribution in [-0.4, -0.2) is 19.3 Å². The van der Waals surface area contributed by atoms with E-state index in [9.17, 15) is 13.2 Å². The number of benzene rings is 3. The van der Waals surface area contributed by atoms with Crippen molar-refractivity contribution in [3.63, 3.8) is 0 Å². The number of carbonyl (C=O) groups excluding carboxylic acids is 1. The number of sulfonamides is 1. The minimum Gasteiger partial charge on any atom is -0.322 e. The van der Waals surface area contributed by atoms with Crippen molar-refractivity contribution in [2.24, 2.45) is 0 Å². The van der Waals surface area contributed by atoms with E-state index in [0.29, 0.717) is 5.69 Å². The van der Waals surface area contributed by atoms with Gasteiger partial charge in [-0.05, 0) is 42.8 Å². The summed E-state index contributed by atoms with van der Waals surface area (Å²) >= 11 is 1.58. The van der Waals surface area contributed by atoms with Crippen LogP contribution in [0.25, 0.3) is 11.3 Å². The SMILES string of the molecule is Cc1nc(-c2ccc(NC(=O)c3cccc(S(=O)(=O)NCc4ccccc4)c3)cc2)cs1. The van der Waals surface area contributed by atoms with Crippen LogP contribution in [0.4, 0.5) is 5.69 Å². The third-order valence-electron chi connectivity index (χ3n) is 4.77. The molecule has 2 N–H and O–H groups in total. The number of anilines is 1. The van der Waals surface area contributed by atoms with Gasteiger partial charge in [0.2, 0.25) is 10.0 Å². The summed E-state index contributed by atoms with van der Waals surface area (Å²) in [5.41, 5.74) is 3.57. The molecular formula is C24H21N3O3S2. The summed E-state index contributed by atoms with van der Waals surface area (Å²) in [5, 5.41) is 5.78. The van der Waals surface area contributed by atoms with Crippen molar-refractivity contribution in [2.75, 3.05) is 5.32 Å². The summed E-state index contributed by atoms with van der Waals surface area (Å²) in [6.07, 6.45) is 0. The number of thiazole rings is 1. The van der Waals surface area contributed by atoms with E-state index in [1.807, 2.05) is 54.8 Å². The highest BCUT2D eigenvalue weighted by Gasteiger charge is 2.16. The van der Waals surface area contributed by atoms with E-state index in [1.165, 1.54) is 12.1 Å². The van der Waals surface area contributed by atoms with Crippen molar-refractivity contribution >= 4 is 33.0 Å². The fraction of sp³-hybridized carbons (Fsp3) is 0.0833.